The van der Waals surface area contributed by atoms with E-state index in [2.05, 4.69) is 21.2 Å². The van der Waals surface area contributed by atoms with E-state index in [1.165, 1.54) is 4.90 Å². The Hall–Kier alpha value is -1.40. The molecule has 1 aliphatic rings. The molecule has 1 aromatic carbocycles. The molecule has 20 heavy (non-hydrogen) atoms. The number of anilines is 1. The summed E-state index contributed by atoms with van der Waals surface area (Å²) in [5, 5.41) is 2.59. The zero-order valence-electron chi connectivity index (χ0n) is 11.3. The van der Waals surface area contributed by atoms with E-state index < -0.39 is 11.8 Å². The Balaban J connectivity index is 1.89. The summed E-state index contributed by atoms with van der Waals surface area (Å²) in [7, 11) is 1.62. The fraction of sp³-hybridized carbons (Fsp3) is 0.429. The van der Waals surface area contributed by atoms with Gasteiger partial charge in [-0.2, -0.15) is 0 Å². The van der Waals surface area contributed by atoms with Crippen molar-refractivity contribution in [2.45, 2.75) is 18.9 Å². The summed E-state index contributed by atoms with van der Waals surface area (Å²) in [4.78, 5) is 25.3. The predicted octanol–water partition coefficient (Wildman–Crippen LogP) is 2.02. The lowest BCUT2D eigenvalue weighted by atomic mass is 10.2. The third kappa shape index (κ3) is 4.05. The van der Waals surface area contributed by atoms with Crippen LogP contribution >= 0.6 is 15.9 Å². The summed E-state index contributed by atoms with van der Waals surface area (Å²) >= 11 is 3.31. The Morgan fingerprint density at radius 2 is 2.30 bits per heavy atom. The van der Waals surface area contributed by atoms with Gasteiger partial charge in [-0.25, -0.2) is 0 Å². The number of halogens is 1. The van der Waals surface area contributed by atoms with E-state index in [0.29, 0.717) is 12.2 Å². The minimum atomic E-state index is -0.636. The Morgan fingerprint density at radius 1 is 1.50 bits per heavy atom. The number of carbonyl (C=O) groups is 2. The SMILES string of the molecule is CN(CC1CCCO1)C(=O)C(=O)Nc1cccc(Br)c1. The van der Waals surface area contributed by atoms with E-state index in [0.717, 1.165) is 23.9 Å². The van der Waals surface area contributed by atoms with Gasteiger partial charge in [0.15, 0.2) is 0 Å². The molecule has 108 valence electrons. The lowest BCUT2D eigenvalue weighted by Gasteiger charge is -2.20. The van der Waals surface area contributed by atoms with Crippen molar-refractivity contribution in [2.24, 2.45) is 0 Å². The van der Waals surface area contributed by atoms with E-state index in [1.54, 1.807) is 25.2 Å². The highest BCUT2D eigenvalue weighted by Gasteiger charge is 2.24. The molecule has 5 nitrogen and oxygen atoms in total. The van der Waals surface area contributed by atoms with Crippen molar-refractivity contribution in [3.63, 3.8) is 0 Å². The summed E-state index contributed by atoms with van der Waals surface area (Å²) in [5.74, 6) is -1.19. The van der Waals surface area contributed by atoms with Crippen molar-refractivity contribution in [1.29, 1.82) is 0 Å². The molecule has 0 spiro atoms. The minimum Gasteiger partial charge on any atom is -0.376 e. The molecule has 1 saturated heterocycles. The average Bonchev–Trinajstić information content (AvgIpc) is 2.90. The standard InChI is InChI=1S/C14H17BrN2O3/c1-17(9-12-6-3-7-20-12)14(19)13(18)16-11-5-2-4-10(15)8-11/h2,4-5,8,12H,3,6-7,9H2,1H3,(H,16,18). The largest absolute Gasteiger partial charge is 0.376 e. The number of carbonyl (C=O) groups excluding carboxylic acids is 2. The zero-order chi connectivity index (χ0) is 14.5. The van der Waals surface area contributed by atoms with Crippen LogP contribution in [-0.4, -0.2) is 43.0 Å². The molecule has 1 atom stereocenters. The van der Waals surface area contributed by atoms with Crippen LogP contribution in [0.3, 0.4) is 0 Å². The molecule has 6 heteroatoms. The van der Waals surface area contributed by atoms with Gasteiger partial charge in [0.25, 0.3) is 0 Å². The van der Waals surface area contributed by atoms with Gasteiger partial charge in [0.1, 0.15) is 0 Å². The van der Waals surface area contributed by atoms with Gasteiger partial charge in [0.05, 0.1) is 6.10 Å². The number of nitrogens with zero attached hydrogens (tertiary/aromatic N) is 1. The van der Waals surface area contributed by atoms with Gasteiger partial charge in [-0.15, -0.1) is 0 Å². The predicted molar refractivity (Wildman–Crippen MR) is 79.4 cm³/mol. The highest BCUT2D eigenvalue weighted by atomic mass is 79.9. The molecule has 2 amide bonds. The number of ether oxygens (including phenoxy) is 1. The second kappa shape index (κ2) is 6.85. The van der Waals surface area contributed by atoms with Gasteiger partial charge in [0.2, 0.25) is 0 Å². The van der Waals surface area contributed by atoms with Crippen LogP contribution in [0.4, 0.5) is 5.69 Å². The van der Waals surface area contributed by atoms with Gasteiger partial charge < -0.3 is 15.0 Å². The van der Waals surface area contributed by atoms with Crippen molar-refractivity contribution in [2.75, 3.05) is 25.5 Å². The highest BCUT2D eigenvalue weighted by molar-refractivity contribution is 9.10. The Morgan fingerprint density at radius 3 is 2.95 bits per heavy atom. The maximum absolute atomic E-state index is 12.0. The summed E-state index contributed by atoms with van der Waals surface area (Å²) in [5.41, 5.74) is 0.586. The molecule has 0 aliphatic carbocycles. The topological polar surface area (TPSA) is 58.6 Å². The lowest BCUT2D eigenvalue weighted by Crippen LogP contribution is -2.40. The summed E-state index contributed by atoms with van der Waals surface area (Å²) < 4.78 is 6.30. The van der Waals surface area contributed by atoms with Gasteiger partial charge in [-0.05, 0) is 31.0 Å². The molecule has 2 rings (SSSR count). The first-order chi connectivity index (χ1) is 9.56. The Labute approximate surface area is 126 Å². The van der Waals surface area contributed by atoms with E-state index in [9.17, 15) is 9.59 Å². The second-order valence-corrected chi connectivity index (χ2v) is 5.70. The molecule has 0 aromatic heterocycles. The van der Waals surface area contributed by atoms with Crippen molar-refractivity contribution < 1.29 is 14.3 Å². The highest BCUT2D eigenvalue weighted by Crippen LogP contribution is 2.16. The van der Waals surface area contributed by atoms with Crippen molar-refractivity contribution >= 4 is 33.4 Å². The maximum Gasteiger partial charge on any atom is 0.313 e. The number of amides is 2. The molecule has 0 radical (unpaired) electrons. The molecule has 0 saturated carbocycles. The number of hydrogen-bond donors (Lipinski definition) is 1. The third-order valence-corrected chi connectivity index (χ3v) is 3.62. The zero-order valence-corrected chi connectivity index (χ0v) is 12.9. The van der Waals surface area contributed by atoms with Crippen LogP contribution in [0.25, 0.3) is 0 Å². The van der Waals surface area contributed by atoms with Crippen molar-refractivity contribution in [3.8, 4) is 0 Å². The van der Waals surface area contributed by atoms with Crippen LogP contribution in [0.1, 0.15) is 12.8 Å². The van der Waals surface area contributed by atoms with E-state index in [1.807, 2.05) is 6.07 Å². The van der Waals surface area contributed by atoms with E-state index >= 15 is 0 Å². The van der Waals surface area contributed by atoms with Crippen LogP contribution in [0.15, 0.2) is 28.7 Å². The fourth-order valence-electron chi connectivity index (χ4n) is 2.10. The van der Waals surface area contributed by atoms with Crippen LogP contribution in [-0.2, 0) is 14.3 Å². The van der Waals surface area contributed by atoms with Crippen LogP contribution in [0.2, 0.25) is 0 Å². The number of hydrogen-bond acceptors (Lipinski definition) is 3. The summed E-state index contributed by atoms with van der Waals surface area (Å²) in [6, 6.07) is 7.11. The maximum atomic E-state index is 12.0. The fourth-order valence-corrected chi connectivity index (χ4v) is 2.50. The minimum absolute atomic E-state index is 0.0441. The molecule has 1 aliphatic heterocycles. The number of rotatable bonds is 3. The first-order valence-corrected chi connectivity index (χ1v) is 7.29. The molecule has 1 unspecified atom stereocenters. The van der Waals surface area contributed by atoms with Gasteiger partial charge >= 0.3 is 11.8 Å². The molecule has 1 heterocycles. The molecular formula is C14H17BrN2O3. The van der Waals surface area contributed by atoms with Crippen LogP contribution in [0, 0.1) is 0 Å². The molecule has 1 fully saturated rings. The van der Waals surface area contributed by atoms with Gasteiger partial charge in [0, 0.05) is 30.4 Å². The normalized spacial score (nSPS) is 17.8. The van der Waals surface area contributed by atoms with Crippen LogP contribution < -0.4 is 5.32 Å². The van der Waals surface area contributed by atoms with Crippen molar-refractivity contribution in [3.05, 3.63) is 28.7 Å². The summed E-state index contributed by atoms with van der Waals surface area (Å²) in [6.45, 7) is 1.18. The van der Waals surface area contributed by atoms with Crippen molar-refractivity contribution in [1.82, 2.24) is 4.90 Å². The number of likely N-dealkylation sites (N-methyl/N-ethyl adjacent to an activating group) is 1. The third-order valence-electron chi connectivity index (χ3n) is 3.12. The Bertz CT molecular complexity index is 501. The molecule has 0 bridgehead atoms. The Kier molecular flexibility index (Phi) is 5.14. The molecule has 1 aromatic rings. The van der Waals surface area contributed by atoms with E-state index in [4.69, 9.17) is 4.74 Å². The van der Waals surface area contributed by atoms with Gasteiger partial charge in [-0.1, -0.05) is 22.0 Å². The quantitative estimate of drug-likeness (QED) is 0.856. The monoisotopic (exact) mass is 340 g/mol. The first kappa shape index (κ1) is 15.0. The number of benzene rings is 1. The van der Waals surface area contributed by atoms with E-state index in [-0.39, 0.29) is 6.10 Å². The summed E-state index contributed by atoms with van der Waals surface area (Å²) in [6.07, 6.45) is 1.99. The molecule has 1 N–H and O–H groups in total. The second-order valence-electron chi connectivity index (χ2n) is 4.79. The lowest BCUT2D eigenvalue weighted by molar-refractivity contribution is -0.143. The first-order valence-electron chi connectivity index (χ1n) is 6.50. The number of nitrogens with one attached hydrogen (secondary N) is 1. The molecular weight excluding hydrogens is 324 g/mol. The van der Waals surface area contributed by atoms with Crippen LogP contribution in [0.5, 0.6) is 0 Å². The average molecular weight is 341 g/mol. The van der Waals surface area contributed by atoms with Gasteiger partial charge in [-0.3, -0.25) is 9.59 Å². The smallest absolute Gasteiger partial charge is 0.313 e.